The van der Waals surface area contributed by atoms with Gasteiger partial charge in [0.05, 0.1) is 12.0 Å². The highest BCUT2D eigenvalue weighted by Crippen LogP contribution is 2.22. The molecule has 1 aromatic carbocycles. The van der Waals surface area contributed by atoms with Crippen LogP contribution in [-0.4, -0.2) is 40.8 Å². The number of carbonyl (C=O) groups excluding carboxylic acids is 2. The Labute approximate surface area is 168 Å². The first-order valence-corrected chi connectivity index (χ1v) is 9.77. The zero-order chi connectivity index (χ0) is 20.2. The molecule has 0 spiro atoms. The monoisotopic (exact) mass is 393 g/mol. The number of rotatable bonds is 6. The molecule has 7 heteroatoms. The summed E-state index contributed by atoms with van der Waals surface area (Å²) >= 11 is 0. The highest BCUT2D eigenvalue weighted by Gasteiger charge is 2.35. The molecule has 4 rings (SSSR count). The third-order valence-corrected chi connectivity index (χ3v) is 5.12. The van der Waals surface area contributed by atoms with E-state index in [2.05, 4.69) is 10.3 Å². The van der Waals surface area contributed by atoms with Crippen LogP contribution in [0, 0.1) is 6.92 Å². The average Bonchev–Trinajstić information content (AvgIpc) is 3.49. The maximum atomic E-state index is 12.7. The Balaban J connectivity index is 1.34. The van der Waals surface area contributed by atoms with Crippen molar-refractivity contribution in [3.8, 4) is 11.5 Å². The van der Waals surface area contributed by atoms with Crippen LogP contribution in [0.2, 0.25) is 0 Å². The topological polar surface area (TPSA) is 88.6 Å². The summed E-state index contributed by atoms with van der Waals surface area (Å²) in [5.74, 6) is 1.19. The number of furan rings is 1. The Morgan fingerprint density at radius 2 is 2.03 bits per heavy atom. The first kappa shape index (κ1) is 19.0. The van der Waals surface area contributed by atoms with Crippen LogP contribution in [0.5, 0.6) is 0 Å². The zero-order valence-corrected chi connectivity index (χ0v) is 16.3. The fourth-order valence-electron chi connectivity index (χ4n) is 3.61. The molecule has 0 bridgehead atoms. The molecule has 0 radical (unpaired) electrons. The van der Waals surface area contributed by atoms with Crippen LogP contribution in [0.15, 0.2) is 57.6 Å². The predicted octanol–water partition coefficient (Wildman–Crippen LogP) is 3.21. The highest BCUT2D eigenvalue weighted by atomic mass is 16.4. The number of aryl methyl sites for hydroxylation is 1. The van der Waals surface area contributed by atoms with Crippen LogP contribution < -0.4 is 5.32 Å². The van der Waals surface area contributed by atoms with E-state index in [0.29, 0.717) is 31.8 Å². The van der Waals surface area contributed by atoms with Crippen molar-refractivity contribution in [3.63, 3.8) is 0 Å². The average molecular weight is 393 g/mol. The molecule has 1 saturated heterocycles. The summed E-state index contributed by atoms with van der Waals surface area (Å²) in [6.45, 7) is 2.86. The molecule has 29 heavy (non-hydrogen) atoms. The van der Waals surface area contributed by atoms with Gasteiger partial charge in [-0.15, -0.1) is 0 Å². The van der Waals surface area contributed by atoms with Gasteiger partial charge >= 0.3 is 0 Å². The number of benzene rings is 1. The number of hydrogen-bond donors (Lipinski definition) is 1. The maximum absolute atomic E-state index is 12.7. The van der Waals surface area contributed by atoms with Gasteiger partial charge in [-0.3, -0.25) is 9.59 Å². The zero-order valence-electron chi connectivity index (χ0n) is 16.3. The van der Waals surface area contributed by atoms with Crippen LogP contribution in [0.1, 0.15) is 34.9 Å². The minimum absolute atomic E-state index is 0.146. The molecule has 0 saturated carbocycles. The van der Waals surface area contributed by atoms with E-state index >= 15 is 0 Å². The molecule has 2 amide bonds. The lowest BCUT2D eigenvalue weighted by molar-refractivity contribution is -0.124. The van der Waals surface area contributed by atoms with Crippen LogP contribution in [0.4, 0.5) is 0 Å². The van der Waals surface area contributed by atoms with Crippen molar-refractivity contribution in [3.05, 3.63) is 65.9 Å². The van der Waals surface area contributed by atoms with E-state index in [-0.39, 0.29) is 17.6 Å². The summed E-state index contributed by atoms with van der Waals surface area (Å²) < 4.78 is 10.9. The third-order valence-electron chi connectivity index (χ3n) is 5.12. The summed E-state index contributed by atoms with van der Waals surface area (Å²) in [7, 11) is 0. The van der Waals surface area contributed by atoms with Gasteiger partial charge in [-0.25, -0.2) is 4.98 Å². The molecule has 1 aliphatic heterocycles. The second kappa shape index (κ2) is 8.34. The number of oxazole rings is 1. The molecular weight excluding hydrogens is 370 g/mol. The summed E-state index contributed by atoms with van der Waals surface area (Å²) in [6, 6.07) is 12.5. The van der Waals surface area contributed by atoms with E-state index in [0.717, 1.165) is 23.4 Å². The SMILES string of the molecule is Cc1oc(-c2ccccc2)nc1CCNC(=O)[C@@H]1CCCN1C(=O)c1ccco1. The Morgan fingerprint density at radius 3 is 2.79 bits per heavy atom. The molecule has 7 nitrogen and oxygen atoms in total. The minimum atomic E-state index is -0.467. The van der Waals surface area contributed by atoms with Crippen LogP contribution >= 0.6 is 0 Å². The van der Waals surface area contributed by atoms with Crippen LogP contribution in [-0.2, 0) is 11.2 Å². The van der Waals surface area contributed by atoms with Crippen molar-refractivity contribution in [2.75, 3.05) is 13.1 Å². The smallest absolute Gasteiger partial charge is 0.290 e. The van der Waals surface area contributed by atoms with Gasteiger partial charge in [0, 0.05) is 25.1 Å². The Morgan fingerprint density at radius 1 is 1.21 bits per heavy atom. The Bertz CT molecular complexity index is 979. The van der Waals surface area contributed by atoms with Gasteiger partial charge in [-0.05, 0) is 44.0 Å². The summed E-state index contributed by atoms with van der Waals surface area (Å²) in [5, 5.41) is 2.93. The van der Waals surface area contributed by atoms with Gasteiger partial charge in [0.2, 0.25) is 11.8 Å². The van der Waals surface area contributed by atoms with Crippen LogP contribution in [0.25, 0.3) is 11.5 Å². The van der Waals surface area contributed by atoms with Crippen LogP contribution in [0.3, 0.4) is 0 Å². The lowest BCUT2D eigenvalue weighted by atomic mass is 10.2. The maximum Gasteiger partial charge on any atom is 0.290 e. The second-order valence-corrected chi connectivity index (χ2v) is 7.06. The van der Waals surface area contributed by atoms with E-state index in [4.69, 9.17) is 8.83 Å². The van der Waals surface area contributed by atoms with E-state index < -0.39 is 6.04 Å². The van der Waals surface area contributed by atoms with Crippen molar-refractivity contribution in [1.82, 2.24) is 15.2 Å². The second-order valence-electron chi connectivity index (χ2n) is 7.06. The van der Waals surface area contributed by atoms with Gasteiger partial charge < -0.3 is 19.1 Å². The van der Waals surface area contributed by atoms with E-state index in [1.54, 1.807) is 17.0 Å². The molecule has 150 valence electrons. The number of nitrogens with one attached hydrogen (secondary N) is 1. The molecular formula is C22H23N3O4. The molecule has 1 aliphatic rings. The van der Waals surface area contributed by atoms with Crippen molar-refractivity contribution in [1.29, 1.82) is 0 Å². The standard InChI is InChI=1S/C22H23N3O4/c1-15-17(24-21(29-15)16-7-3-2-4-8-16)11-12-23-20(26)18-9-5-13-25(18)22(27)19-10-6-14-28-19/h2-4,6-8,10,14,18H,5,9,11-13H2,1H3,(H,23,26)/t18-/m0/s1. The van der Waals surface area contributed by atoms with E-state index in [1.165, 1.54) is 6.26 Å². The van der Waals surface area contributed by atoms with E-state index in [9.17, 15) is 9.59 Å². The molecule has 0 aliphatic carbocycles. The number of nitrogens with zero attached hydrogens (tertiary/aromatic N) is 2. The quantitative estimate of drug-likeness (QED) is 0.695. The molecule has 3 heterocycles. The number of carbonyl (C=O) groups is 2. The lowest BCUT2D eigenvalue weighted by Gasteiger charge is -2.22. The lowest BCUT2D eigenvalue weighted by Crippen LogP contribution is -2.46. The molecule has 1 N–H and O–H groups in total. The van der Waals surface area contributed by atoms with Crippen molar-refractivity contribution < 1.29 is 18.4 Å². The number of aromatic nitrogens is 1. The summed E-state index contributed by atoms with van der Waals surface area (Å²) in [6.07, 6.45) is 3.47. The number of hydrogen-bond acceptors (Lipinski definition) is 5. The van der Waals surface area contributed by atoms with E-state index in [1.807, 2.05) is 37.3 Å². The molecule has 1 fully saturated rings. The number of amides is 2. The first-order chi connectivity index (χ1) is 14.1. The van der Waals surface area contributed by atoms with Crippen molar-refractivity contribution in [2.24, 2.45) is 0 Å². The van der Waals surface area contributed by atoms with Gasteiger partial charge in [-0.2, -0.15) is 0 Å². The molecule has 0 unspecified atom stereocenters. The van der Waals surface area contributed by atoms with Gasteiger partial charge in [-0.1, -0.05) is 18.2 Å². The van der Waals surface area contributed by atoms with Gasteiger partial charge in [0.1, 0.15) is 11.8 Å². The number of likely N-dealkylation sites (tertiary alicyclic amines) is 1. The normalized spacial score (nSPS) is 16.2. The fraction of sp³-hybridized carbons (Fsp3) is 0.318. The highest BCUT2D eigenvalue weighted by molar-refractivity contribution is 5.95. The van der Waals surface area contributed by atoms with Gasteiger partial charge in [0.15, 0.2) is 5.76 Å². The predicted molar refractivity (Wildman–Crippen MR) is 106 cm³/mol. The van der Waals surface area contributed by atoms with Gasteiger partial charge in [0.25, 0.3) is 5.91 Å². The largest absolute Gasteiger partial charge is 0.459 e. The molecule has 3 aromatic rings. The van der Waals surface area contributed by atoms with Crippen molar-refractivity contribution >= 4 is 11.8 Å². The first-order valence-electron chi connectivity index (χ1n) is 9.77. The van der Waals surface area contributed by atoms with Crippen molar-refractivity contribution in [2.45, 2.75) is 32.2 Å². The molecule has 1 atom stereocenters. The minimum Gasteiger partial charge on any atom is -0.459 e. The molecule has 2 aromatic heterocycles. The Kier molecular flexibility index (Phi) is 5.46. The third kappa shape index (κ3) is 4.08. The Hall–Kier alpha value is -3.35. The summed E-state index contributed by atoms with van der Waals surface area (Å²) in [4.78, 5) is 31.3. The summed E-state index contributed by atoms with van der Waals surface area (Å²) in [5.41, 5.74) is 1.74. The fourth-order valence-corrected chi connectivity index (χ4v) is 3.61.